The lowest BCUT2D eigenvalue weighted by Crippen LogP contribution is -2.36. The van der Waals surface area contributed by atoms with Crippen LogP contribution in [0.1, 0.15) is 10.4 Å². The molecule has 0 saturated carbocycles. The zero-order chi connectivity index (χ0) is 24.1. The van der Waals surface area contributed by atoms with Crippen molar-refractivity contribution in [2.75, 3.05) is 5.32 Å². The summed E-state index contributed by atoms with van der Waals surface area (Å²) in [6.07, 6.45) is -6.01. The van der Waals surface area contributed by atoms with E-state index in [0.29, 0.717) is 15.1 Å². The van der Waals surface area contributed by atoms with Gasteiger partial charge in [0, 0.05) is 14.0 Å². The zero-order valence-electron chi connectivity index (χ0n) is 17.9. The second-order valence-electron chi connectivity index (χ2n) is 7.74. The van der Waals surface area contributed by atoms with E-state index in [-0.39, 0.29) is 18.7 Å². The minimum absolute atomic E-state index is 0.132. The molecule has 176 valence electrons. The van der Waals surface area contributed by atoms with Crippen LogP contribution in [0.4, 0.5) is 18.9 Å². The van der Waals surface area contributed by atoms with Gasteiger partial charge in [0.25, 0.3) is 6.43 Å². The molecule has 0 radical (unpaired) electrons. The number of fused-ring (bicyclic) bond motifs is 1. The van der Waals surface area contributed by atoms with Crippen LogP contribution < -0.4 is 10.1 Å². The Kier molecular flexibility index (Phi) is 7.90. The lowest BCUT2D eigenvalue weighted by atomic mass is 9.97. The highest BCUT2D eigenvalue weighted by Crippen LogP contribution is 2.33. The molecule has 4 rings (SSSR count). The van der Waals surface area contributed by atoms with E-state index in [1.807, 2.05) is 60.7 Å². The first-order chi connectivity index (χ1) is 16.4. The molecule has 34 heavy (non-hydrogen) atoms. The van der Waals surface area contributed by atoms with Crippen LogP contribution in [0.15, 0.2) is 83.3 Å². The van der Waals surface area contributed by atoms with Crippen LogP contribution in [-0.2, 0) is 17.8 Å². The van der Waals surface area contributed by atoms with Gasteiger partial charge in [0.05, 0.1) is 11.6 Å². The summed E-state index contributed by atoms with van der Waals surface area (Å²) in [6.45, 7) is 0.244. The van der Waals surface area contributed by atoms with Crippen molar-refractivity contribution >= 4 is 48.9 Å². The lowest BCUT2D eigenvalue weighted by Gasteiger charge is -2.21. The van der Waals surface area contributed by atoms with Crippen molar-refractivity contribution in [2.45, 2.75) is 25.6 Å². The number of benzene rings is 3. The topological polar surface area (TPSA) is 38.3 Å². The van der Waals surface area contributed by atoms with Gasteiger partial charge in [-0.2, -0.15) is 0 Å². The second kappa shape index (κ2) is 11.1. The van der Waals surface area contributed by atoms with Gasteiger partial charge in [-0.05, 0) is 47.7 Å². The van der Waals surface area contributed by atoms with Crippen molar-refractivity contribution in [3.05, 3.63) is 93.8 Å². The Balaban J connectivity index is 1.54. The van der Waals surface area contributed by atoms with E-state index in [2.05, 4.69) is 21.2 Å². The standard InChI is InChI=1S/C26H21BrF3NO2S/c27-18-10-11-21(22(13-18)33-15-16-6-2-1-3-7-16)31-26(32)20(24(28)25(29)30)14-19-12-17-8-4-5-9-23(17)34-19/h1-13,20,24-25H,14-15H2,(H,31,32). The van der Waals surface area contributed by atoms with E-state index in [4.69, 9.17) is 4.74 Å². The maximum Gasteiger partial charge on any atom is 0.270 e. The molecule has 8 heteroatoms. The third-order valence-corrected chi connectivity index (χ3v) is 6.93. The minimum Gasteiger partial charge on any atom is -0.487 e. The Morgan fingerprint density at radius 1 is 0.971 bits per heavy atom. The summed E-state index contributed by atoms with van der Waals surface area (Å²) < 4.78 is 48.8. The molecule has 0 aliphatic heterocycles. The first-order valence-corrected chi connectivity index (χ1v) is 12.2. The number of hydrogen-bond donors (Lipinski definition) is 1. The van der Waals surface area contributed by atoms with Crippen LogP contribution in [0.25, 0.3) is 10.1 Å². The smallest absolute Gasteiger partial charge is 0.270 e. The minimum atomic E-state index is -3.27. The van der Waals surface area contributed by atoms with Crippen LogP contribution >= 0.6 is 27.3 Å². The van der Waals surface area contributed by atoms with Crippen molar-refractivity contribution in [1.82, 2.24) is 0 Å². The number of ether oxygens (including phenoxy) is 1. The normalized spacial score (nSPS) is 13.1. The summed E-state index contributed by atoms with van der Waals surface area (Å²) in [6, 6.07) is 23.7. The van der Waals surface area contributed by atoms with Gasteiger partial charge in [-0.1, -0.05) is 64.5 Å². The van der Waals surface area contributed by atoms with E-state index >= 15 is 0 Å². The summed E-state index contributed by atoms with van der Waals surface area (Å²) in [5.41, 5.74) is 1.20. The third kappa shape index (κ3) is 5.98. The quantitative estimate of drug-likeness (QED) is 0.234. The second-order valence-corrected chi connectivity index (χ2v) is 9.83. The molecule has 3 aromatic carbocycles. The Morgan fingerprint density at radius 2 is 1.71 bits per heavy atom. The van der Waals surface area contributed by atoms with Crippen molar-refractivity contribution in [3.8, 4) is 5.75 Å². The van der Waals surface area contributed by atoms with E-state index < -0.39 is 24.4 Å². The number of amides is 1. The summed E-state index contributed by atoms with van der Waals surface area (Å²) in [7, 11) is 0. The average Bonchev–Trinajstić information content (AvgIpc) is 3.25. The summed E-state index contributed by atoms with van der Waals surface area (Å²) >= 11 is 4.74. The molecule has 2 unspecified atom stereocenters. The average molecular weight is 548 g/mol. The van der Waals surface area contributed by atoms with Gasteiger partial charge >= 0.3 is 0 Å². The Hall–Kier alpha value is -2.84. The molecule has 3 nitrogen and oxygen atoms in total. The molecule has 0 aliphatic rings. The molecule has 4 aromatic rings. The number of carbonyl (C=O) groups is 1. The molecule has 0 spiro atoms. The third-order valence-electron chi connectivity index (χ3n) is 5.30. The SMILES string of the molecule is O=C(Nc1ccc(Br)cc1OCc1ccccc1)C(Cc1cc2ccccc2s1)C(F)C(F)F. The number of alkyl halides is 3. The van der Waals surface area contributed by atoms with Crippen molar-refractivity contribution in [3.63, 3.8) is 0 Å². The predicted molar refractivity (Wildman–Crippen MR) is 133 cm³/mol. The highest BCUT2D eigenvalue weighted by Gasteiger charge is 2.36. The Bertz CT molecular complexity index is 1230. The van der Waals surface area contributed by atoms with Gasteiger partial charge in [-0.15, -0.1) is 11.3 Å². The first-order valence-electron chi connectivity index (χ1n) is 10.6. The van der Waals surface area contributed by atoms with E-state index in [1.54, 1.807) is 18.2 Å². The molecule has 0 aliphatic carbocycles. The van der Waals surface area contributed by atoms with Crippen LogP contribution in [0.5, 0.6) is 5.75 Å². The molecule has 1 amide bonds. The Labute approximate surface area is 207 Å². The highest BCUT2D eigenvalue weighted by molar-refractivity contribution is 9.10. The summed E-state index contributed by atoms with van der Waals surface area (Å²) in [5.74, 6) is -2.03. The molecular weight excluding hydrogens is 527 g/mol. The number of rotatable bonds is 9. The van der Waals surface area contributed by atoms with Crippen LogP contribution in [0.2, 0.25) is 0 Å². The molecule has 1 heterocycles. The highest BCUT2D eigenvalue weighted by atomic mass is 79.9. The molecule has 0 fully saturated rings. The molecular formula is C26H21BrF3NO2S. The fraction of sp³-hybridized carbons (Fsp3) is 0.192. The maximum absolute atomic E-state index is 14.6. The van der Waals surface area contributed by atoms with Gasteiger partial charge in [0.1, 0.15) is 12.4 Å². The number of thiophene rings is 1. The van der Waals surface area contributed by atoms with Crippen LogP contribution in [-0.4, -0.2) is 18.5 Å². The van der Waals surface area contributed by atoms with Crippen molar-refractivity contribution in [2.24, 2.45) is 5.92 Å². The maximum atomic E-state index is 14.6. The van der Waals surface area contributed by atoms with E-state index in [1.165, 1.54) is 11.3 Å². The Morgan fingerprint density at radius 3 is 2.44 bits per heavy atom. The zero-order valence-corrected chi connectivity index (χ0v) is 20.3. The van der Waals surface area contributed by atoms with E-state index in [0.717, 1.165) is 15.6 Å². The number of halogens is 4. The molecule has 1 N–H and O–H groups in total. The first kappa shape index (κ1) is 24.3. The van der Waals surface area contributed by atoms with Gasteiger partial charge in [0.2, 0.25) is 5.91 Å². The van der Waals surface area contributed by atoms with Gasteiger partial charge in [-0.3, -0.25) is 4.79 Å². The molecule has 1 aromatic heterocycles. The number of nitrogens with one attached hydrogen (secondary N) is 1. The molecule has 2 atom stereocenters. The summed E-state index contributed by atoms with van der Waals surface area (Å²) in [4.78, 5) is 13.7. The van der Waals surface area contributed by atoms with Crippen molar-refractivity contribution in [1.29, 1.82) is 0 Å². The molecule has 0 saturated heterocycles. The fourth-order valence-electron chi connectivity index (χ4n) is 3.56. The number of anilines is 1. The van der Waals surface area contributed by atoms with Crippen LogP contribution in [0, 0.1) is 5.92 Å². The van der Waals surface area contributed by atoms with Crippen molar-refractivity contribution < 1.29 is 22.7 Å². The number of carbonyl (C=O) groups excluding carboxylic acids is 1. The van der Waals surface area contributed by atoms with Crippen LogP contribution in [0.3, 0.4) is 0 Å². The fourth-order valence-corrected chi connectivity index (χ4v) is 5.02. The van der Waals surface area contributed by atoms with E-state index in [9.17, 15) is 18.0 Å². The van der Waals surface area contributed by atoms with Gasteiger partial charge in [0.15, 0.2) is 6.17 Å². The van der Waals surface area contributed by atoms with Gasteiger partial charge in [-0.25, -0.2) is 13.2 Å². The monoisotopic (exact) mass is 547 g/mol. The number of hydrogen-bond acceptors (Lipinski definition) is 3. The molecule has 0 bridgehead atoms. The largest absolute Gasteiger partial charge is 0.487 e. The predicted octanol–water partition coefficient (Wildman–Crippen LogP) is 7.64. The summed E-state index contributed by atoms with van der Waals surface area (Å²) in [5, 5.41) is 3.54. The van der Waals surface area contributed by atoms with Gasteiger partial charge < -0.3 is 10.1 Å². The lowest BCUT2D eigenvalue weighted by molar-refractivity contribution is -0.124.